The van der Waals surface area contributed by atoms with Gasteiger partial charge in [-0.3, -0.25) is 9.59 Å². The molecule has 0 saturated heterocycles. The van der Waals surface area contributed by atoms with Crippen LogP contribution in [0.25, 0.3) is 0 Å². The molecule has 0 aromatic carbocycles. The number of hydrogen-bond acceptors (Lipinski definition) is 3. The first-order valence-corrected chi connectivity index (χ1v) is 4.42. The first-order valence-electron chi connectivity index (χ1n) is 4.42. The van der Waals surface area contributed by atoms with Crippen molar-refractivity contribution in [3.05, 3.63) is 23.9 Å². The van der Waals surface area contributed by atoms with Crippen LogP contribution >= 0.6 is 0 Å². The van der Waals surface area contributed by atoms with E-state index in [2.05, 4.69) is 0 Å². The maximum atomic E-state index is 11.4. The van der Waals surface area contributed by atoms with Crippen LogP contribution in [0.5, 0.6) is 0 Å². The number of carbonyl (C=O) groups is 2. The van der Waals surface area contributed by atoms with Crippen LogP contribution in [0.3, 0.4) is 0 Å². The van der Waals surface area contributed by atoms with Crippen LogP contribution in [0, 0.1) is 0 Å². The summed E-state index contributed by atoms with van der Waals surface area (Å²) in [5.74, 6) is -0.824. The standard InChI is InChI=1S/C10H13NO2/c1-3-11(4-2)8-6-5-7-9(12)10(8)13/h5-7H,3-4H2,1-2H3. The Hall–Kier alpha value is -1.38. The molecule has 0 heterocycles. The predicted octanol–water partition coefficient (Wildman–Crippen LogP) is 0.920. The fraction of sp³-hybridized carbons (Fsp3) is 0.400. The fourth-order valence-corrected chi connectivity index (χ4v) is 1.32. The molecule has 0 saturated carbocycles. The predicted molar refractivity (Wildman–Crippen MR) is 50.2 cm³/mol. The second kappa shape index (κ2) is 4.03. The minimum absolute atomic E-state index is 0.397. The number of rotatable bonds is 3. The van der Waals surface area contributed by atoms with E-state index >= 15 is 0 Å². The molecule has 0 N–H and O–H groups in total. The monoisotopic (exact) mass is 179 g/mol. The molecule has 0 aromatic heterocycles. The molecule has 1 rings (SSSR count). The molecule has 0 spiro atoms. The molecular weight excluding hydrogens is 166 g/mol. The smallest absolute Gasteiger partial charge is 0.248 e. The summed E-state index contributed by atoms with van der Waals surface area (Å²) in [6.07, 6.45) is 4.61. The maximum Gasteiger partial charge on any atom is 0.248 e. The third-order valence-electron chi connectivity index (χ3n) is 2.06. The number of nitrogens with zero attached hydrogens (tertiary/aromatic N) is 1. The highest BCUT2D eigenvalue weighted by Gasteiger charge is 2.22. The van der Waals surface area contributed by atoms with Crippen molar-refractivity contribution >= 4 is 11.6 Å². The summed E-state index contributed by atoms with van der Waals surface area (Å²) < 4.78 is 0. The Morgan fingerprint density at radius 2 is 1.85 bits per heavy atom. The van der Waals surface area contributed by atoms with E-state index in [1.165, 1.54) is 6.08 Å². The quantitative estimate of drug-likeness (QED) is 0.477. The van der Waals surface area contributed by atoms with E-state index in [0.29, 0.717) is 5.70 Å². The van der Waals surface area contributed by atoms with Gasteiger partial charge in [-0.15, -0.1) is 0 Å². The van der Waals surface area contributed by atoms with Crippen molar-refractivity contribution in [1.29, 1.82) is 0 Å². The first-order chi connectivity index (χ1) is 6.20. The summed E-state index contributed by atoms with van der Waals surface area (Å²) >= 11 is 0. The third kappa shape index (κ3) is 1.86. The second-order valence-electron chi connectivity index (χ2n) is 2.78. The summed E-state index contributed by atoms with van der Waals surface area (Å²) in [6.45, 7) is 5.41. The average Bonchev–Trinajstić information content (AvgIpc) is 2.14. The molecule has 0 bridgehead atoms. The number of carbonyl (C=O) groups excluding carboxylic acids is 2. The molecule has 1 aliphatic rings. The Morgan fingerprint density at radius 1 is 1.23 bits per heavy atom. The van der Waals surface area contributed by atoms with E-state index < -0.39 is 11.6 Å². The Morgan fingerprint density at radius 3 is 2.38 bits per heavy atom. The zero-order valence-corrected chi connectivity index (χ0v) is 7.91. The van der Waals surface area contributed by atoms with Crippen LogP contribution in [-0.4, -0.2) is 29.6 Å². The lowest BCUT2D eigenvalue weighted by Crippen LogP contribution is -2.31. The summed E-state index contributed by atoms with van der Waals surface area (Å²) in [5.41, 5.74) is 0.512. The Balaban J connectivity index is 2.90. The van der Waals surface area contributed by atoms with Gasteiger partial charge in [0, 0.05) is 13.1 Å². The van der Waals surface area contributed by atoms with Crippen LogP contribution in [0.2, 0.25) is 0 Å². The lowest BCUT2D eigenvalue weighted by molar-refractivity contribution is -0.132. The van der Waals surface area contributed by atoms with Crippen LogP contribution in [0.1, 0.15) is 13.8 Å². The van der Waals surface area contributed by atoms with Gasteiger partial charge in [0.1, 0.15) is 0 Å². The highest BCUT2D eigenvalue weighted by Crippen LogP contribution is 2.10. The molecule has 70 valence electrons. The van der Waals surface area contributed by atoms with Gasteiger partial charge >= 0.3 is 0 Å². The third-order valence-corrected chi connectivity index (χ3v) is 2.06. The van der Waals surface area contributed by atoms with Gasteiger partial charge in [-0.25, -0.2) is 0 Å². The van der Waals surface area contributed by atoms with Crippen LogP contribution < -0.4 is 0 Å². The number of likely N-dealkylation sites (N-methyl/N-ethyl adjacent to an activating group) is 1. The van der Waals surface area contributed by atoms with E-state index in [9.17, 15) is 9.59 Å². The molecule has 0 radical (unpaired) electrons. The van der Waals surface area contributed by atoms with Crippen LogP contribution in [-0.2, 0) is 9.59 Å². The highest BCUT2D eigenvalue weighted by molar-refractivity contribution is 6.47. The highest BCUT2D eigenvalue weighted by atomic mass is 16.2. The molecule has 0 unspecified atom stereocenters. The normalized spacial score (nSPS) is 16.0. The van der Waals surface area contributed by atoms with Crippen molar-refractivity contribution in [2.45, 2.75) is 13.8 Å². The van der Waals surface area contributed by atoms with Gasteiger partial charge in [0.15, 0.2) is 0 Å². The van der Waals surface area contributed by atoms with E-state index in [1.54, 1.807) is 12.2 Å². The minimum atomic E-state index is -0.426. The molecule has 0 aliphatic heterocycles. The topological polar surface area (TPSA) is 37.4 Å². The molecule has 13 heavy (non-hydrogen) atoms. The zero-order chi connectivity index (χ0) is 9.84. The first kappa shape index (κ1) is 9.71. The Bertz CT molecular complexity index is 285. The molecule has 0 amide bonds. The van der Waals surface area contributed by atoms with Crippen molar-refractivity contribution in [2.24, 2.45) is 0 Å². The lowest BCUT2D eigenvalue weighted by atomic mass is 10.1. The Kier molecular flexibility index (Phi) is 3.01. The van der Waals surface area contributed by atoms with Gasteiger partial charge in [-0.2, -0.15) is 0 Å². The van der Waals surface area contributed by atoms with E-state index in [4.69, 9.17) is 0 Å². The minimum Gasteiger partial charge on any atom is -0.369 e. The number of Topliss-reactive ketones (excluding diaryl/α,β-unsaturated/α-hetero) is 1. The summed E-state index contributed by atoms with van der Waals surface area (Å²) in [7, 11) is 0. The van der Waals surface area contributed by atoms with Crippen LogP contribution in [0.15, 0.2) is 23.9 Å². The molecular formula is C10H13NO2. The van der Waals surface area contributed by atoms with E-state index in [0.717, 1.165) is 13.1 Å². The summed E-state index contributed by atoms with van der Waals surface area (Å²) in [4.78, 5) is 24.3. The number of ketones is 2. The van der Waals surface area contributed by atoms with Gasteiger partial charge in [0.25, 0.3) is 0 Å². The Labute approximate surface area is 77.7 Å². The van der Waals surface area contributed by atoms with Crippen LogP contribution in [0.4, 0.5) is 0 Å². The number of hydrogen-bond donors (Lipinski definition) is 0. The van der Waals surface area contributed by atoms with Gasteiger partial charge < -0.3 is 4.90 Å². The lowest BCUT2D eigenvalue weighted by Gasteiger charge is -2.23. The maximum absolute atomic E-state index is 11.4. The zero-order valence-electron chi connectivity index (χ0n) is 7.91. The average molecular weight is 179 g/mol. The van der Waals surface area contributed by atoms with Gasteiger partial charge in [-0.05, 0) is 26.0 Å². The van der Waals surface area contributed by atoms with Gasteiger partial charge in [0.05, 0.1) is 5.70 Å². The van der Waals surface area contributed by atoms with Crippen molar-refractivity contribution < 1.29 is 9.59 Å². The van der Waals surface area contributed by atoms with Gasteiger partial charge in [0.2, 0.25) is 11.6 Å². The van der Waals surface area contributed by atoms with Crippen molar-refractivity contribution in [3.63, 3.8) is 0 Å². The molecule has 0 aromatic rings. The molecule has 3 heteroatoms. The molecule has 3 nitrogen and oxygen atoms in total. The summed E-state index contributed by atoms with van der Waals surface area (Å²) in [5, 5.41) is 0. The van der Waals surface area contributed by atoms with E-state index in [-0.39, 0.29) is 0 Å². The largest absolute Gasteiger partial charge is 0.369 e. The molecule has 0 fully saturated rings. The fourth-order valence-electron chi connectivity index (χ4n) is 1.32. The van der Waals surface area contributed by atoms with Crippen molar-refractivity contribution in [1.82, 2.24) is 4.90 Å². The number of allylic oxidation sites excluding steroid dienone is 4. The van der Waals surface area contributed by atoms with Crippen molar-refractivity contribution in [2.75, 3.05) is 13.1 Å². The molecule has 1 aliphatic carbocycles. The summed E-state index contributed by atoms with van der Waals surface area (Å²) in [6, 6.07) is 0. The van der Waals surface area contributed by atoms with E-state index in [1.807, 2.05) is 18.7 Å². The van der Waals surface area contributed by atoms with Crippen molar-refractivity contribution in [3.8, 4) is 0 Å². The second-order valence-corrected chi connectivity index (χ2v) is 2.78. The SMILES string of the molecule is CCN(CC)C1=CC=CC(=O)C1=O. The van der Waals surface area contributed by atoms with Gasteiger partial charge in [-0.1, -0.05) is 6.08 Å². The molecule has 0 atom stereocenters.